The Kier molecular flexibility index (Phi) is 5.46. The third kappa shape index (κ3) is 4.43. The fourth-order valence-corrected chi connectivity index (χ4v) is 3.90. The Morgan fingerprint density at radius 1 is 0.935 bits per heavy atom. The number of sulfonamides is 1. The molecular formula is C21H18N6O3S. The van der Waals surface area contributed by atoms with Crippen molar-refractivity contribution in [3.63, 3.8) is 0 Å². The van der Waals surface area contributed by atoms with Gasteiger partial charge in [-0.2, -0.15) is 0 Å². The summed E-state index contributed by atoms with van der Waals surface area (Å²) in [6, 6.07) is 15.9. The van der Waals surface area contributed by atoms with Gasteiger partial charge in [0, 0.05) is 17.8 Å². The molecule has 0 atom stereocenters. The maximum Gasteiger partial charge on any atom is 0.347 e. The van der Waals surface area contributed by atoms with Gasteiger partial charge in [-0.25, -0.2) is 28.3 Å². The van der Waals surface area contributed by atoms with Crippen LogP contribution < -0.4 is 15.6 Å². The number of pyridine rings is 3. The van der Waals surface area contributed by atoms with Crippen molar-refractivity contribution in [1.29, 1.82) is 0 Å². The molecule has 3 aromatic heterocycles. The lowest BCUT2D eigenvalue weighted by molar-refractivity contribution is 0.247. The van der Waals surface area contributed by atoms with Gasteiger partial charge in [-0.3, -0.25) is 15.4 Å². The van der Waals surface area contributed by atoms with E-state index in [1.807, 2.05) is 35.9 Å². The van der Waals surface area contributed by atoms with Gasteiger partial charge < -0.3 is 0 Å². The molecule has 0 unspecified atom stereocenters. The molecule has 31 heavy (non-hydrogen) atoms. The van der Waals surface area contributed by atoms with Crippen molar-refractivity contribution in [3.05, 3.63) is 78.6 Å². The Hall–Kier alpha value is -4.05. The number of urea groups is 1. The number of hydrazine groups is 1. The summed E-state index contributed by atoms with van der Waals surface area (Å²) < 4.78 is 26.6. The third-order valence-electron chi connectivity index (χ3n) is 4.41. The largest absolute Gasteiger partial charge is 0.347 e. The molecule has 4 rings (SSSR count). The molecule has 0 aliphatic carbocycles. The topological polar surface area (TPSA) is 126 Å². The van der Waals surface area contributed by atoms with Crippen LogP contribution in [0.5, 0.6) is 0 Å². The molecule has 2 amide bonds. The third-order valence-corrected chi connectivity index (χ3v) is 5.76. The van der Waals surface area contributed by atoms with E-state index < -0.39 is 16.1 Å². The number of fused-ring (bicyclic) bond motifs is 1. The molecule has 0 bridgehead atoms. The van der Waals surface area contributed by atoms with Crippen LogP contribution in [0.2, 0.25) is 0 Å². The number of aryl methyl sites for hydroxylation is 1. The summed E-state index contributed by atoms with van der Waals surface area (Å²) in [7, 11) is -4.01. The zero-order valence-electron chi connectivity index (χ0n) is 16.4. The van der Waals surface area contributed by atoms with Crippen LogP contribution in [0, 0.1) is 6.92 Å². The highest BCUT2D eigenvalue weighted by Crippen LogP contribution is 2.26. The van der Waals surface area contributed by atoms with Crippen molar-refractivity contribution in [2.45, 2.75) is 11.8 Å². The molecule has 10 heteroatoms. The monoisotopic (exact) mass is 434 g/mol. The van der Waals surface area contributed by atoms with E-state index in [4.69, 9.17) is 0 Å². The van der Waals surface area contributed by atoms with Gasteiger partial charge >= 0.3 is 6.03 Å². The van der Waals surface area contributed by atoms with Crippen LogP contribution in [-0.4, -0.2) is 29.4 Å². The van der Waals surface area contributed by atoms with Crippen LogP contribution in [0.1, 0.15) is 5.56 Å². The quantitative estimate of drug-likeness (QED) is 0.412. The van der Waals surface area contributed by atoms with Crippen LogP contribution in [-0.2, 0) is 10.0 Å². The van der Waals surface area contributed by atoms with Crippen molar-refractivity contribution < 1.29 is 13.2 Å². The van der Waals surface area contributed by atoms with Gasteiger partial charge in [0.05, 0.1) is 16.3 Å². The Balaban J connectivity index is 1.59. The Bertz CT molecular complexity index is 1360. The first-order valence-corrected chi connectivity index (χ1v) is 10.7. The zero-order chi connectivity index (χ0) is 21.8. The molecule has 3 N–H and O–H groups in total. The summed E-state index contributed by atoms with van der Waals surface area (Å²) in [5.74, 6) is 0.255. The van der Waals surface area contributed by atoms with E-state index in [2.05, 4.69) is 25.8 Å². The molecule has 3 heterocycles. The lowest BCUT2D eigenvalue weighted by atomic mass is 10.1. The molecule has 0 aliphatic rings. The maximum absolute atomic E-state index is 12.3. The predicted molar refractivity (Wildman–Crippen MR) is 116 cm³/mol. The minimum atomic E-state index is -4.01. The molecule has 9 nitrogen and oxygen atoms in total. The number of carbonyl (C=O) groups excluding carboxylic acids is 1. The van der Waals surface area contributed by atoms with Crippen molar-refractivity contribution in [2.24, 2.45) is 0 Å². The van der Waals surface area contributed by atoms with E-state index in [-0.39, 0.29) is 10.7 Å². The molecule has 0 saturated carbocycles. The van der Waals surface area contributed by atoms with E-state index in [1.54, 1.807) is 36.7 Å². The highest BCUT2D eigenvalue weighted by Gasteiger charge is 2.18. The van der Waals surface area contributed by atoms with E-state index in [0.29, 0.717) is 16.9 Å². The van der Waals surface area contributed by atoms with E-state index >= 15 is 0 Å². The number of amides is 2. The molecule has 156 valence electrons. The average molecular weight is 434 g/mol. The summed E-state index contributed by atoms with van der Waals surface area (Å²) in [6.07, 6.45) is 3.27. The molecule has 1 aromatic carbocycles. The van der Waals surface area contributed by atoms with Gasteiger partial charge in [0.25, 0.3) is 10.0 Å². The van der Waals surface area contributed by atoms with Crippen molar-refractivity contribution in [3.8, 4) is 11.4 Å². The van der Waals surface area contributed by atoms with Gasteiger partial charge in [-0.1, -0.05) is 30.3 Å². The molecule has 0 radical (unpaired) electrons. The maximum atomic E-state index is 12.3. The van der Waals surface area contributed by atoms with Crippen LogP contribution >= 0.6 is 0 Å². The van der Waals surface area contributed by atoms with Gasteiger partial charge in [-0.15, -0.1) is 0 Å². The van der Waals surface area contributed by atoms with Crippen LogP contribution in [0.4, 0.5) is 10.6 Å². The van der Waals surface area contributed by atoms with Crippen LogP contribution in [0.3, 0.4) is 0 Å². The molecule has 4 aromatic rings. The number of anilines is 1. The fourth-order valence-electron chi connectivity index (χ4n) is 2.97. The lowest BCUT2D eigenvalue weighted by Crippen LogP contribution is -2.42. The number of hydrogen-bond donors (Lipinski definition) is 3. The van der Waals surface area contributed by atoms with Crippen LogP contribution in [0.15, 0.2) is 78.0 Å². The smallest absolute Gasteiger partial charge is 0.279 e. The zero-order valence-corrected chi connectivity index (χ0v) is 17.2. The number of rotatable bonds is 5. The summed E-state index contributed by atoms with van der Waals surface area (Å²) in [5, 5.41) is 0.777. The Labute approximate surface area is 178 Å². The highest BCUT2D eigenvalue weighted by atomic mass is 32.2. The van der Waals surface area contributed by atoms with Crippen LogP contribution in [0.25, 0.3) is 22.3 Å². The van der Waals surface area contributed by atoms with Crippen molar-refractivity contribution in [2.75, 3.05) is 5.43 Å². The first kappa shape index (κ1) is 20.2. The minimum Gasteiger partial charge on any atom is -0.279 e. The lowest BCUT2D eigenvalue weighted by Gasteiger charge is -2.13. The molecule has 0 fully saturated rings. The van der Waals surface area contributed by atoms with Gasteiger partial charge in [0.2, 0.25) is 0 Å². The molecule has 0 aliphatic heterocycles. The predicted octanol–water partition coefficient (Wildman–Crippen LogP) is 3.02. The standard InChI is InChI=1S/C21H18N6O3S/c1-14-7-5-11-22-18(14)17-13-15-8-6-12-23-19(15)20(24-17)25-26-21(28)27-31(29,30)16-9-3-2-4-10-16/h2-13H,1H3,(H,24,25)(H2,26,27,28). The summed E-state index contributed by atoms with van der Waals surface area (Å²) >= 11 is 0. The minimum absolute atomic E-state index is 0.0250. The first-order valence-electron chi connectivity index (χ1n) is 9.26. The second kappa shape index (κ2) is 8.36. The van der Waals surface area contributed by atoms with Crippen molar-refractivity contribution >= 4 is 32.8 Å². The number of nitrogens with one attached hydrogen (secondary N) is 3. The number of carbonyl (C=O) groups is 1. The van der Waals surface area contributed by atoms with E-state index in [9.17, 15) is 13.2 Å². The number of nitrogens with zero attached hydrogens (tertiary/aromatic N) is 3. The first-order chi connectivity index (χ1) is 14.9. The van der Waals surface area contributed by atoms with Crippen molar-refractivity contribution in [1.82, 2.24) is 25.1 Å². The fraction of sp³-hybridized carbons (Fsp3) is 0.0476. The summed E-state index contributed by atoms with van der Waals surface area (Å²) in [4.78, 5) is 25.4. The molecule has 0 saturated heterocycles. The average Bonchev–Trinajstić information content (AvgIpc) is 2.78. The van der Waals surface area contributed by atoms with Gasteiger partial charge in [-0.05, 0) is 42.8 Å². The Morgan fingerprint density at radius 3 is 2.45 bits per heavy atom. The molecular weight excluding hydrogens is 416 g/mol. The van der Waals surface area contributed by atoms with Gasteiger partial charge in [0.1, 0.15) is 5.52 Å². The SMILES string of the molecule is Cc1cccnc1-c1cc2cccnc2c(NNC(=O)NS(=O)(=O)c2ccccc2)n1. The Morgan fingerprint density at radius 2 is 1.68 bits per heavy atom. The number of hydrogen-bond acceptors (Lipinski definition) is 7. The summed E-state index contributed by atoms with van der Waals surface area (Å²) in [5.41, 5.74) is 7.68. The number of aromatic nitrogens is 3. The second-order valence-electron chi connectivity index (χ2n) is 6.60. The van der Waals surface area contributed by atoms with E-state index in [1.165, 1.54) is 12.1 Å². The summed E-state index contributed by atoms with van der Waals surface area (Å²) in [6.45, 7) is 1.92. The second-order valence-corrected chi connectivity index (χ2v) is 8.28. The highest BCUT2D eigenvalue weighted by molar-refractivity contribution is 7.90. The van der Waals surface area contributed by atoms with Gasteiger partial charge in [0.15, 0.2) is 5.82 Å². The molecule has 0 spiro atoms. The normalized spacial score (nSPS) is 11.1. The van der Waals surface area contributed by atoms with E-state index in [0.717, 1.165) is 10.9 Å². The number of benzene rings is 1.